The number of hydrogen-bond acceptors (Lipinski definition) is 2. The van der Waals surface area contributed by atoms with E-state index in [2.05, 4.69) is 19.1 Å². The molecule has 3 rings (SSSR count). The standard InChI is InChI=1S/C22H27NO2/c1-15-13-16(2)20(17(3)14-15)22(25)23-11-9-19(10-12-23)21(24)18-7-5-4-6-8-18/h4-8,13-14,19,21,24H,9-12H2,1-3H3. The van der Waals surface area contributed by atoms with Gasteiger partial charge in [-0.1, -0.05) is 48.0 Å². The van der Waals surface area contributed by atoms with Gasteiger partial charge < -0.3 is 10.0 Å². The second kappa shape index (κ2) is 7.40. The number of hydrogen-bond donors (Lipinski definition) is 1. The number of likely N-dealkylation sites (tertiary alicyclic amines) is 1. The summed E-state index contributed by atoms with van der Waals surface area (Å²) in [6.07, 6.45) is 1.23. The molecule has 3 nitrogen and oxygen atoms in total. The van der Waals surface area contributed by atoms with Gasteiger partial charge in [0.1, 0.15) is 0 Å². The summed E-state index contributed by atoms with van der Waals surface area (Å²) in [4.78, 5) is 14.9. The molecule has 0 radical (unpaired) electrons. The van der Waals surface area contributed by atoms with Gasteiger partial charge >= 0.3 is 0 Å². The van der Waals surface area contributed by atoms with E-state index in [4.69, 9.17) is 0 Å². The summed E-state index contributed by atoms with van der Waals surface area (Å²) in [5.74, 6) is 0.342. The summed E-state index contributed by atoms with van der Waals surface area (Å²) >= 11 is 0. The molecule has 0 aliphatic carbocycles. The zero-order chi connectivity index (χ0) is 18.0. The van der Waals surface area contributed by atoms with Crippen molar-refractivity contribution in [3.63, 3.8) is 0 Å². The van der Waals surface area contributed by atoms with E-state index in [-0.39, 0.29) is 11.8 Å². The largest absolute Gasteiger partial charge is 0.388 e. The predicted octanol–water partition coefficient (Wildman–Crippen LogP) is 4.20. The maximum Gasteiger partial charge on any atom is 0.254 e. The first-order valence-electron chi connectivity index (χ1n) is 9.07. The van der Waals surface area contributed by atoms with E-state index in [9.17, 15) is 9.90 Å². The van der Waals surface area contributed by atoms with E-state index >= 15 is 0 Å². The Labute approximate surface area is 150 Å². The first-order chi connectivity index (χ1) is 12.0. The number of rotatable bonds is 3. The average molecular weight is 337 g/mol. The van der Waals surface area contributed by atoms with Crippen LogP contribution in [0.5, 0.6) is 0 Å². The maximum absolute atomic E-state index is 13.0. The number of nitrogens with zero attached hydrogens (tertiary/aromatic N) is 1. The highest BCUT2D eigenvalue weighted by Gasteiger charge is 2.29. The van der Waals surface area contributed by atoms with Crippen LogP contribution in [0.25, 0.3) is 0 Å². The van der Waals surface area contributed by atoms with Crippen molar-refractivity contribution in [3.8, 4) is 0 Å². The van der Waals surface area contributed by atoms with Crippen LogP contribution < -0.4 is 0 Å². The minimum absolute atomic E-state index is 0.127. The van der Waals surface area contributed by atoms with Crippen LogP contribution in [0.15, 0.2) is 42.5 Å². The van der Waals surface area contributed by atoms with Crippen molar-refractivity contribution >= 4 is 5.91 Å². The first kappa shape index (κ1) is 17.7. The Morgan fingerprint density at radius 3 is 2.16 bits per heavy atom. The molecule has 1 saturated heterocycles. The number of benzene rings is 2. The van der Waals surface area contributed by atoms with Gasteiger partial charge in [0.2, 0.25) is 0 Å². The minimum atomic E-state index is -0.443. The zero-order valence-electron chi connectivity index (χ0n) is 15.3. The van der Waals surface area contributed by atoms with Crippen LogP contribution in [0.3, 0.4) is 0 Å². The van der Waals surface area contributed by atoms with Gasteiger partial charge in [-0.25, -0.2) is 0 Å². The maximum atomic E-state index is 13.0. The zero-order valence-corrected chi connectivity index (χ0v) is 15.3. The van der Waals surface area contributed by atoms with Gasteiger partial charge in [0.15, 0.2) is 0 Å². The Bertz CT molecular complexity index is 723. The Hall–Kier alpha value is -2.13. The monoisotopic (exact) mass is 337 g/mol. The van der Waals surface area contributed by atoms with Crippen molar-refractivity contribution in [2.45, 2.75) is 39.7 Å². The van der Waals surface area contributed by atoms with Crippen molar-refractivity contribution in [3.05, 3.63) is 70.3 Å². The van der Waals surface area contributed by atoms with Crippen LogP contribution in [0.4, 0.5) is 0 Å². The number of aliphatic hydroxyl groups is 1. The molecule has 0 aromatic heterocycles. The fourth-order valence-corrected chi connectivity index (χ4v) is 4.02. The first-order valence-corrected chi connectivity index (χ1v) is 9.07. The number of carbonyl (C=O) groups is 1. The van der Waals surface area contributed by atoms with Crippen molar-refractivity contribution in [1.82, 2.24) is 4.90 Å². The lowest BCUT2D eigenvalue weighted by Gasteiger charge is -2.35. The van der Waals surface area contributed by atoms with Crippen LogP contribution in [-0.2, 0) is 0 Å². The summed E-state index contributed by atoms with van der Waals surface area (Å²) in [5.41, 5.74) is 5.10. The third-order valence-corrected chi connectivity index (χ3v) is 5.31. The lowest BCUT2D eigenvalue weighted by molar-refractivity contribution is 0.0461. The summed E-state index contributed by atoms with van der Waals surface area (Å²) in [7, 11) is 0. The summed E-state index contributed by atoms with van der Waals surface area (Å²) < 4.78 is 0. The van der Waals surface area contributed by atoms with Crippen LogP contribution in [0.2, 0.25) is 0 Å². The normalized spacial score (nSPS) is 16.7. The van der Waals surface area contributed by atoms with Gasteiger partial charge in [-0.15, -0.1) is 0 Å². The van der Waals surface area contributed by atoms with E-state index in [1.807, 2.05) is 49.1 Å². The number of aryl methyl sites for hydroxylation is 3. The second-order valence-electron chi connectivity index (χ2n) is 7.26. The number of aliphatic hydroxyl groups excluding tert-OH is 1. The molecule has 25 heavy (non-hydrogen) atoms. The summed E-state index contributed by atoms with van der Waals surface area (Å²) in [6.45, 7) is 7.50. The number of amides is 1. The minimum Gasteiger partial charge on any atom is -0.388 e. The quantitative estimate of drug-likeness (QED) is 0.912. The molecule has 0 spiro atoms. The van der Waals surface area contributed by atoms with Crippen LogP contribution in [0.1, 0.15) is 51.6 Å². The van der Waals surface area contributed by atoms with Crippen molar-refractivity contribution in [1.29, 1.82) is 0 Å². The molecule has 2 aromatic carbocycles. The lowest BCUT2D eigenvalue weighted by atomic mass is 9.87. The number of carbonyl (C=O) groups excluding carboxylic acids is 1. The summed E-state index contributed by atoms with van der Waals surface area (Å²) in [5, 5.41) is 10.6. The van der Waals surface area contributed by atoms with E-state index in [1.165, 1.54) is 5.56 Å². The SMILES string of the molecule is Cc1cc(C)c(C(=O)N2CCC(C(O)c3ccccc3)CC2)c(C)c1. The molecule has 132 valence electrons. The molecule has 0 bridgehead atoms. The van der Waals surface area contributed by atoms with E-state index in [0.717, 1.165) is 35.1 Å². The fourth-order valence-electron chi connectivity index (χ4n) is 4.02. The van der Waals surface area contributed by atoms with Gasteiger partial charge in [0.25, 0.3) is 5.91 Å². The van der Waals surface area contributed by atoms with Gasteiger partial charge in [-0.2, -0.15) is 0 Å². The van der Waals surface area contributed by atoms with E-state index in [0.29, 0.717) is 13.1 Å². The Balaban J connectivity index is 1.67. The smallest absolute Gasteiger partial charge is 0.254 e. The Kier molecular flexibility index (Phi) is 5.24. The van der Waals surface area contributed by atoms with Gasteiger partial charge in [-0.3, -0.25) is 4.79 Å². The van der Waals surface area contributed by atoms with Crippen LogP contribution in [0, 0.1) is 26.7 Å². The molecule has 2 aromatic rings. The highest BCUT2D eigenvalue weighted by Crippen LogP contribution is 2.31. The van der Waals surface area contributed by atoms with Crippen molar-refractivity contribution < 1.29 is 9.90 Å². The van der Waals surface area contributed by atoms with Gasteiger partial charge in [0, 0.05) is 18.7 Å². The van der Waals surface area contributed by atoms with Gasteiger partial charge in [0.05, 0.1) is 6.10 Å². The number of piperidine rings is 1. The molecule has 1 aliphatic rings. The second-order valence-corrected chi connectivity index (χ2v) is 7.26. The van der Waals surface area contributed by atoms with E-state index in [1.54, 1.807) is 0 Å². The van der Waals surface area contributed by atoms with E-state index < -0.39 is 6.10 Å². The van der Waals surface area contributed by atoms with Crippen LogP contribution in [-0.4, -0.2) is 29.0 Å². The third-order valence-electron chi connectivity index (χ3n) is 5.31. The molecular weight excluding hydrogens is 310 g/mol. The topological polar surface area (TPSA) is 40.5 Å². The summed E-state index contributed by atoms with van der Waals surface area (Å²) in [6, 6.07) is 14.0. The highest BCUT2D eigenvalue weighted by molar-refractivity contribution is 5.97. The molecular formula is C22H27NO2. The lowest BCUT2D eigenvalue weighted by Crippen LogP contribution is -2.40. The third kappa shape index (κ3) is 3.77. The highest BCUT2D eigenvalue weighted by atomic mass is 16.3. The molecule has 0 saturated carbocycles. The Morgan fingerprint density at radius 1 is 1.04 bits per heavy atom. The molecule has 1 unspecified atom stereocenters. The van der Waals surface area contributed by atoms with Gasteiger partial charge in [-0.05, 0) is 56.2 Å². The van der Waals surface area contributed by atoms with Crippen molar-refractivity contribution in [2.24, 2.45) is 5.92 Å². The van der Waals surface area contributed by atoms with Crippen molar-refractivity contribution in [2.75, 3.05) is 13.1 Å². The molecule has 3 heteroatoms. The molecule has 1 N–H and O–H groups in total. The molecule has 1 aliphatic heterocycles. The molecule has 1 heterocycles. The predicted molar refractivity (Wildman–Crippen MR) is 101 cm³/mol. The van der Waals surface area contributed by atoms with Crippen LogP contribution >= 0.6 is 0 Å². The fraction of sp³-hybridized carbons (Fsp3) is 0.409. The average Bonchev–Trinajstić information content (AvgIpc) is 2.61. The molecule has 1 amide bonds. The Morgan fingerprint density at radius 2 is 1.60 bits per heavy atom. The molecule has 1 atom stereocenters. The molecule has 1 fully saturated rings.